The Kier molecular flexibility index (Phi) is 18.2. The van der Waals surface area contributed by atoms with Crippen molar-refractivity contribution in [1.29, 1.82) is 0 Å². The summed E-state index contributed by atoms with van der Waals surface area (Å²) in [6.45, 7) is 4.56. The number of hydrogen-bond acceptors (Lipinski definition) is 1. The third-order valence-corrected chi connectivity index (χ3v) is 15.9. The molecule has 4 saturated carbocycles. The predicted molar refractivity (Wildman–Crippen MR) is 228 cm³/mol. The molecule has 2 atom stereocenters. The molecular formula is C52H78F4O. The lowest BCUT2D eigenvalue weighted by atomic mass is 9.67. The fourth-order valence-corrected chi connectivity index (χ4v) is 12.3. The summed E-state index contributed by atoms with van der Waals surface area (Å²) < 4.78 is 67.3. The topological polar surface area (TPSA) is 9.23 Å². The van der Waals surface area contributed by atoms with Crippen molar-refractivity contribution in [3.8, 4) is 0 Å². The molecule has 4 aliphatic carbocycles. The average Bonchev–Trinajstić information content (AvgIpc) is 3.23. The van der Waals surface area contributed by atoms with Crippen LogP contribution in [0.5, 0.6) is 0 Å². The lowest BCUT2D eigenvalue weighted by molar-refractivity contribution is -0.0959. The van der Waals surface area contributed by atoms with E-state index in [0.717, 1.165) is 87.2 Å². The van der Waals surface area contributed by atoms with Gasteiger partial charge in [0.1, 0.15) is 23.3 Å². The lowest BCUT2D eigenvalue weighted by Crippen LogP contribution is -2.32. The highest BCUT2D eigenvalue weighted by atomic mass is 19.1. The van der Waals surface area contributed by atoms with Crippen LogP contribution in [0.1, 0.15) is 217 Å². The quantitative estimate of drug-likeness (QED) is 0.0958. The van der Waals surface area contributed by atoms with Crippen LogP contribution in [-0.2, 0) is 4.74 Å². The normalized spacial score (nSPS) is 29.6. The first-order valence-electron chi connectivity index (χ1n) is 24.4. The van der Waals surface area contributed by atoms with Crippen LogP contribution in [0.3, 0.4) is 0 Å². The van der Waals surface area contributed by atoms with Gasteiger partial charge < -0.3 is 4.74 Å². The van der Waals surface area contributed by atoms with Gasteiger partial charge in [-0.1, -0.05) is 129 Å². The van der Waals surface area contributed by atoms with Gasteiger partial charge in [0.15, 0.2) is 0 Å². The van der Waals surface area contributed by atoms with Crippen LogP contribution in [0, 0.1) is 70.6 Å². The minimum Gasteiger partial charge on any atom is -0.365 e. The predicted octanol–water partition coefficient (Wildman–Crippen LogP) is 17.0. The molecular weight excluding hydrogens is 717 g/mol. The first kappa shape index (κ1) is 44.7. The van der Waals surface area contributed by atoms with E-state index in [2.05, 4.69) is 13.8 Å². The Morgan fingerprint density at radius 2 is 0.772 bits per heavy atom. The highest BCUT2D eigenvalue weighted by molar-refractivity contribution is 5.25. The molecule has 1 nitrogen and oxygen atoms in total. The number of halogens is 4. The Balaban J connectivity index is 1.09. The van der Waals surface area contributed by atoms with E-state index in [-0.39, 0.29) is 11.8 Å². The molecule has 0 spiro atoms. The molecule has 320 valence electrons. The van der Waals surface area contributed by atoms with Crippen LogP contribution in [0.4, 0.5) is 17.6 Å². The molecule has 6 rings (SSSR count). The van der Waals surface area contributed by atoms with E-state index in [1.54, 1.807) is 12.1 Å². The van der Waals surface area contributed by atoms with Gasteiger partial charge in [-0.3, -0.25) is 0 Å². The molecule has 0 bridgehead atoms. The zero-order valence-electron chi connectivity index (χ0n) is 36.0. The molecule has 57 heavy (non-hydrogen) atoms. The summed E-state index contributed by atoms with van der Waals surface area (Å²) in [5.74, 6) is 2.43. The summed E-state index contributed by atoms with van der Waals surface area (Å²) in [6.07, 6.45) is 34.0. The van der Waals surface area contributed by atoms with Crippen LogP contribution < -0.4 is 0 Å². The third kappa shape index (κ3) is 13.1. The van der Waals surface area contributed by atoms with Gasteiger partial charge in [0.25, 0.3) is 0 Å². The SMILES string of the molecule is CCCCCCCC1CCC(C2CCC(C(OC(c3ccc(F)cc3F)C3CCC(C4CCC(CCCCCCC)CC4)CC3)c3ccc(F)cc3F)CC2)CC1. The van der Waals surface area contributed by atoms with E-state index in [1.165, 1.54) is 141 Å². The van der Waals surface area contributed by atoms with Crippen molar-refractivity contribution in [3.63, 3.8) is 0 Å². The van der Waals surface area contributed by atoms with E-state index >= 15 is 8.78 Å². The summed E-state index contributed by atoms with van der Waals surface area (Å²) in [7, 11) is 0. The first-order chi connectivity index (χ1) is 27.8. The molecule has 4 fully saturated rings. The van der Waals surface area contributed by atoms with Gasteiger partial charge in [-0.15, -0.1) is 0 Å². The van der Waals surface area contributed by atoms with Crippen molar-refractivity contribution in [3.05, 3.63) is 70.8 Å². The van der Waals surface area contributed by atoms with Gasteiger partial charge in [-0.25, -0.2) is 17.6 Å². The molecule has 5 heteroatoms. The minimum absolute atomic E-state index is 0.0600. The third-order valence-electron chi connectivity index (χ3n) is 15.9. The zero-order chi connectivity index (χ0) is 40.0. The number of unbranched alkanes of at least 4 members (excludes halogenated alkanes) is 8. The Bertz CT molecular complexity index is 1320. The van der Waals surface area contributed by atoms with Crippen molar-refractivity contribution in [2.45, 2.75) is 206 Å². The van der Waals surface area contributed by atoms with Crippen molar-refractivity contribution in [2.75, 3.05) is 0 Å². The van der Waals surface area contributed by atoms with E-state index in [0.29, 0.717) is 23.0 Å². The molecule has 0 saturated heterocycles. The maximum Gasteiger partial charge on any atom is 0.131 e. The van der Waals surface area contributed by atoms with Crippen LogP contribution >= 0.6 is 0 Å². The van der Waals surface area contributed by atoms with Crippen LogP contribution in [0.2, 0.25) is 0 Å². The summed E-state index contributed by atoms with van der Waals surface area (Å²) >= 11 is 0. The van der Waals surface area contributed by atoms with E-state index in [9.17, 15) is 8.78 Å². The summed E-state index contributed by atoms with van der Waals surface area (Å²) in [4.78, 5) is 0. The van der Waals surface area contributed by atoms with E-state index in [4.69, 9.17) is 4.74 Å². The summed E-state index contributed by atoms with van der Waals surface area (Å²) in [5, 5.41) is 0. The second-order valence-corrected chi connectivity index (χ2v) is 19.6. The van der Waals surface area contributed by atoms with Crippen LogP contribution in [-0.4, -0.2) is 0 Å². The Hall–Kier alpha value is -1.88. The van der Waals surface area contributed by atoms with Crippen LogP contribution in [0.15, 0.2) is 36.4 Å². The molecule has 4 aliphatic rings. The number of rotatable bonds is 20. The lowest BCUT2D eigenvalue weighted by Gasteiger charge is -2.43. The molecule has 0 heterocycles. The fraction of sp³-hybridized carbons (Fsp3) is 0.769. The maximum atomic E-state index is 15.8. The highest BCUT2D eigenvalue weighted by Gasteiger charge is 2.40. The molecule has 0 aliphatic heterocycles. The van der Waals surface area contributed by atoms with E-state index < -0.39 is 35.5 Å². The van der Waals surface area contributed by atoms with Gasteiger partial charge in [-0.2, -0.15) is 0 Å². The molecule has 2 unspecified atom stereocenters. The fourth-order valence-electron chi connectivity index (χ4n) is 12.3. The summed E-state index contributed by atoms with van der Waals surface area (Å²) in [5.41, 5.74) is 0.755. The number of ether oxygens (including phenoxy) is 1. The molecule has 2 aromatic carbocycles. The second kappa shape index (κ2) is 23.2. The number of benzene rings is 2. The van der Waals surface area contributed by atoms with E-state index in [1.807, 2.05) is 0 Å². The van der Waals surface area contributed by atoms with Gasteiger partial charge in [0.2, 0.25) is 0 Å². The Morgan fingerprint density at radius 1 is 0.439 bits per heavy atom. The van der Waals surface area contributed by atoms with Gasteiger partial charge >= 0.3 is 0 Å². The van der Waals surface area contributed by atoms with Gasteiger partial charge in [0.05, 0.1) is 12.2 Å². The van der Waals surface area contributed by atoms with Crippen LogP contribution in [0.25, 0.3) is 0 Å². The first-order valence-corrected chi connectivity index (χ1v) is 24.4. The molecule has 0 amide bonds. The highest BCUT2D eigenvalue weighted by Crippen LogP contribution is 2.51. The summed E-state index contributed by atoms with van der Waals surface area (Å²) in [6, 6.07) is 7.73. The Morgan fingerprint density at radius 3 is 1.11 bits per heavy atom. The molecule has 0 aromatic heterocycles. The largest absolute Gasteiger partial charge is 0.365 e. The van der Waals surface area contributed by atoms with Crippen molar-refractivity contribution in [2.24, 2.45) is 47.3 Å². The van der Waals surface area contributed by atoms with Crippen molar-refractivity contribution in [1.82, 2.24) is 0 Å². The maximum absolute atomic E-state index is 15.8. The molecule has 0 N–H and O–H groups in total. The monoisotopic (exact) mass is 795 g/mol. The average molecular weight is 795 g/mol. The second-order valence-electron chi connectivity index (χ2n) is 19.6. The number of hydrogen-bond donors (Lipinski definition) is 0. The van der Waals surface area contributed by atoms with Gasteiger partial charge in [-0.05, 0) is 137 Å². The van der Waals surface area contributed by atoms with Gasteiger partial charge in [0, 0.05) is 23.3 Å². The minimum atomic E-state index is -0.612. The van der Waals surface area contributed by atoms with Crippen molar-refractivity contribution < 1.29 is 22.3 Å². The van der Waals surface area contributed by atoms with Crippen molar-refractivity contribution >= 4 is 0 Å². The smallest absolute Gasteiger partial charge is 0.131 e. The molecule has 0 radical (unpaired) electrons. The zero-order valence-corrected chi connectivity index (χ0v) is 36.0. The molecule has 2 aromatic rings. The standard InChI is InChI=1S/C52H78F4O/c1-3-5-7-9-11-13-37-15-19-39(20-16-37)41-23-27-43(28-24-41)51(47-33-31-45(53)35-49(47)55)57-52(48-34-32-46(54)36-50(48)56)44-29-25-42(26-30-44)40-21-17-38(18-22-40)14-12-10-8-6-4-2/h31-44,51-52H,3-30H2,1-2H3. The Labute approximate surface area is 345 Å².